The van der Waals surface area contributed by atoms with Crippen LogP contribution in [0.3, 0.4) is 0 Å². The number of anilines is 1. The molecule has 4 rings (SSSR count). The Bertz CT molecular complexity index is 1150. The van der Waals surface area contributed by atoms with Gasteiger partial charge in [0.2, 0.25) is 5.91 Å². The molecule has 8 heteroatoms. The Labute approximate surface area is 188 Å². The van der Waals surface area contributed by atoms with Gasteiger partial charge in [-0.15, -0.1) is 0 Å². The number of aliphatic hydroxyl groups is 1. The molecule has 3 atom stereocenters. The molecule has 0 bridgehead atoms. The Kier molecular flexibility index (Phi) is 6.46. The first-order chi connectivity index (χ1) is 15.9. The minimum atomic E-state index is -0.924. The van der Waals surface area contributed by atoms with Crippen molar-refractivity contribution in [1.29, 1.82) is 0 Å². The molecule has 5 nitrogen and oxygen atoms in total. The minimum absolute atomic E-state index is 0.0218. The van der Waals surface area contributed by atoms with E-state index in [1.54, 1.807) is 0 Å². The van der Waals surface area contributed by atoms with E-state index in [2.05, 4.69) is 4.74 Å². The molecule has 2 unspecified atom stereocenters. The molecule has 1 amide bonds. The van der Waals surface area contributed by atoms with Gasteiger partial charge in [0.1, 0.15) is 23.2 Å². The molecule has 1 saturated heterocycles. The van der Waals surface area contributed by atoms with Crippen molar-refractivity contribution in [3.05, 3.63) is 95.3 Å². The molecule has 1 aliphatic heterocycles. The third-order valence-corrected chi connectivity index (χ3v) is 5.80. The first-order valence-electron chi connectivity index (χ1n) is 10.3. The smallest absolute Gasteiger partial charge is 0.298 e. The second kappa shape index (κ2) is 9.46. The molecule has 1 fully saturated rings. The number of nitrogens with zero attached hydrogens (tertiary/aromatic N) is 1. The second-order valence-electron chi connectivity index (χ2n) is 7.78. The number of rotatable bonds is 8. The average Bonchev–Trinajstić information content (AvgIpc) is 2.80. The number of ether oxygens (including phenoxy) is 1. The summed E-state index contributed by atoms with van der Waals surface area (Å²) in [6, 6.07) is 13.9. The molecule has 3 aromatic rings. The lowest BCUT2D eigenvalue weighted by molar-refractivity contribution is -0.131. The summed E-state index contributed by atoms with van der Waals surface area (Å²) in [6.45, 7) is 0.186. The summed E-state index contributed by atoms with van der Waals surface area (Å²) in [6.07, 6.45) is -0.484. The van der Waals surface area contributed by atoms with Crippen LogP contribution in [-0.4, -0.2) is 17.5 Å². The van der Waals surface area contributed by atoms with Gasteiger partial charge in [-0.2, -0.15) is 0 Å². The molecule has 0 spiro atoms. The van der Waals surface area contributed by atoms with Gasteiger partial charge in [0, 0.05) is 17.3 Å². The molecular formula is C25H20F3NO4. The van der Waals surface area contributed by atoms with E-state index in [1.165, 1.54) is 65.6 Å². The monoisotopic (exact) mass is 455 g/mol. The van der Waals surface area contributed by atoms with E-state index < -0.39 is 35.5 Å². The van der Waals surface area contributed by atoms with Crippen molar-refractivity contribution in [3.8, 4) is 5.75 Å². The van der Waals surface area contributed by atoms with Crippen LogP contribution < -0.4 is 9.64 Å². The maximum absolute atomic E-state index is 14.9. The highest BCUT2D eigenvalue weighted by Gasteiger charge is 2.49. The van der Waals surface area contributed by atoms with Crippen LogP contribution in [0.15, 0.2) is 66.7 Å². The van der Waals surface area contributed by atoms with Gasteiger partial charge in [-0.05, 0) is 60.9 Å². The van der Waals surface area contributed by atoms with Crippen molar-refractivity contribution in [2.75, 3.05) is 4.90 Å². The van der Waals surface area contributed by atoms with Crippen molar-refractivity contribution < 1.29 is 32.6 Å². The van der Waals surface area contributed by atoms with Gasteiger partial charge in [0.05, 0.1) is 18.1 Å². The number of carbonyl (C=O) groups is 2. The zero-order valence-corrected chi connectivity index (χ0v) is 17.3. The number of carbonyl (C=O) groups excluding carboxylic acids is 2. The van der Waals surface area contributed by atoms with Crippen molar-refractivity contribution in [3.63, 3.8) is 0 Å². The highest BCUT2D eigenvalue weighted by Crippen LogP contribution is 2.47. The number of aliphatic hydroxyl groups excluding tert-OH is 1. The summed E-state index contributed by atoms with van der Waals surface area (Å²) >= 11 is 0. The molecule has 0 radical (unpaired) electrons. The summed E-state index contributed by atoms with van der Waals surface area (Å²) in [5, 5.41) is 10.5. The quantitative estimate of drug-likeness (QED) is 0.389. The highest BCUT2D eigenvalue weighted by atomic mass is 19.1. The molecule has 0 aromatic heterocycles. The number of hydrogen-bond acceptors (Lipinski definition) is 4. The second-order valence-corrected chi connectivity index (χ2v) is 7.78. The van der Waals surface area contributed by atoms with Crippen LogP contribution in [0, 0.1) is 23.4 Å². The van der Waals surface area contributed by atoms with E-state index in [0.29, 0.717) is 11.3 Å². The summed E-state index contributed by atoms with van der Waals surface area (Å²) in [5.74, 6) is -2.46. The molecule has 3 aromatic carbocycles. The van der Waals surface area contributed by atoms with Gasteiger partial charge in [0.15, 0.2) is 0 Å². The molecule has 170 valence electrons. The fourth-order valence-corrected chi connectivity index (χ4v) is 4.14. The molecule has 33 heavy (non-hydrogen) atoms. The fourth-order valence-electron chi connectivity index (χ4n) is 4.14. The molecule has 1 N–H and O–H groups in total. The fraction of sp³-hybridized carbons (Fsp3) is 0.200. The third-order valence-electron chi connectivity index (χ3n) is 5.80. The maximum atomic E-state index is 14.9. The maximum Gasteiger partial charge on any atom is 0.298 e. The molecule has 0 aliphatic carbocycles. The Hall–Kier alpha value is -3.65. The largest absolute Gasteiger partial charge is 0.429 e. The van der Waals surface area contributed by atoms with E-state index in [-0.39, 0.29) is 36.5 Å². The van der Waals surface area contributed by atoms with Crippen LogP contribution in [0.4, 0.5) is 18.9 Å². The van der Waals surface area contributed by atoms with Crippen LogP contribution >= 0.6 is 0 Å². The summed E-state index contributed by atoms with van der Waals surface area (Å²) in [7, 11) is 0. The zero-order valence-electron chi connectivity index (χ0n) is 17.3. The minimum Gasteiger partial charge on any atom is -0.429 e. The van der Waals surface area contributed by atoms with E-state index in [0.717, 1.165) is 6.07 Å². The van der Waals surface area contributed by atoms with E-state index in [1.807, 2.05) is 0 Å². The summed E-state index contributed by atoms with van der Waals surface area (Å²) in [4.78, 5) is 24.9. The zero-order chi connectivity index (χ0) is 23.5. The first kappa shape index (κ1) is 22.5. The lowest BCUT2D eigenvalue weighted by Gasteiger charge is -2.48. The standard InChI is InChI=1S/C25H20F3NO4/c26-16-3-1-15(2-4-16)23(31)12-11-21-24(20-10-9-19(33-14-30)13-22(20)28)29(25(21)32)18-7-5-17(27)6-8-18/h1-10,13-14,21,23-24,31H,11-12H2/t21-,23?,24?/m1/s1. The lowest BCUT2D eigenvalue weighted by Crippen LogP contribution is -2.55. The van der Waals surface area contributed by atoms with Crippen LogP contribution in [0.1, 0.15) is 36.1 Å². The van der Waals surface area contributed by atoms with Gasteiger partial charge < -0.3 is 14.7 Å². The van der Waals surface area contributed by atoms with Crippen molar-refractivity contribution >= 4 is 18.1 Å². The SMILES string of the molecule is O=COc1ccc(C2[C@@H](CCC(O)c3ccc(F)cc3)C(=O)N2c2ccc(F)cc2)c(F)c1. The van der Waals surface area contributed by atoms with Crippen molar-refractivity contribution in [2.24, 2.45) is 5.92 Å². The predicted molar refractivity (Wildman–Crippen MR) is 114 cm³/mol. The van der Waals surface area contributed by atoms with Gasteiger partial charge in [-0.25, -0.2) is 13.2 Å². The number of hydrogen-bond donors (Lipinski definition) is 1. The highest BCUT2D eigenvalue weighted by molar-refractivity contribution is 6.03. The number of halogens is 3. The Morgan fingerprint density at radius 1 is 0.970 bits per heavy atom. The topological polar surface area (TPSA) is 66.8 Å². The van der Waals surface area contributed by atoms with E-state index in [4.69, 9.17) is 0 Å². The Morgan fingerprint density at radius 3 is 2.21 bits per heavy atom. The number of amides is 1. The Morgan fingerprint density at radius 2 is 1.61 bits per heavy atom. The van der Waals surface area contributed by atoms with Crippen molar-refractivity contribution in [1.82, 2.24) is 0 Å². The van der Waals surface area contributed by atoms with E-state index in [9.17, 15) is 27.9 Å². The number of benzene rings is 3. The van der Waals surface area contributed by atoms with Crippen LogP contribution in [0.5, 0.6) is 5.75 Å². The lowest BCUT2D eigenvalue weighted by atomic mass is 9.78. The van der Waals surface area contributed by atoms with Crippen molar-refractivity contribution in [2.45, 2.75) is 25.0 Å². The average molecular weight is 455 g/mol. The molecular weight excluding hydrogens is 435 g/mol. The van der Waals surface area contributed by atoms with Crippen LogP contribution in [0.25, 0.3) is 0 Å². The number of β-lactam (4-membered cyclic amide) rings is 1. The predicted octanol–water partition coefficient (Wildman–Crippen LogP) is 4.86. The van der Waals surface area contributed by atoms with Gasteiger partial charge in [-0.1, -0.05) is 18.2 Å². The summed E-state index contributed by atoms with van der Waals surface area (Å²) < 4.78 is 46.1. The first-order valence-corrected chi connectivity index (χ1v) is 10.3. The molecule has 1 heterocycles. The summed E-state index contributed by atoms with van der Waals surface area (Å²) in [5.41, 5.74) is 1.13. The van der Waals surface area contributed by atoms with E-state index >= 15 is 0 Å². The Balaban J connectivity index is 1.60. The van der Waals surface area contributed by atoms with Gasteiger partial charge >= 0.3 is 0 Å². The normalized spacial score (nSPS) is 18.5. The molecule has 0 saturated carbocycles. The molecule has 1 aliphatic rings. The third kappa shape index (κ3) is 4.61. The van der Waals surface area contributed by atoms with Crippen LogP contribution in [-0.2, 0) is 9.59 Å². The van der Waals surface area contributed by atoms with Crippen LogP contribution in [0.2, 0.25) is 0 Å². The van der Waals surface area contributed by atoms with Gasteiger partial charge in [0.25, 0.3) is 6.47 Å². The van der Waals surface area contributed by atoms with Gasteiger partial charge in [-0.3, -0.25) is 9.59 Å².